The first kappa shape index (κ1) is 11.5. The zero-order valence-electron chi connectivity index (χ0n) is 11.0. The number of allylic oxidation sites excluding steroid dienone is 1. The van der Waals surface area contributed by atoms with Crippen LogP contribution in [-0.2, 0) is 9.53 Å². The van der Waals surface area contributed by atoms with Crippen molar-refractivity contribution >= 4 is 6.29 Å². The Morgan fingerprint density at radius 2 is 2.12 bits per heavy atom. The number of aldehydes is 1. The lowest BCUT2D eigenvalue weighted by molar-refractivity contribution is -0.104. The summed E-state index contributed by atoms with van der Waals surface area (Å²) in [4.78, 5) is 10.8. The van der Waals surface area contributed by atoms with Crippen molar-refractivity contribution in [3.8, 4) is 0 Å². The zero-order valence-corrected chi connectivity index (χ0v) is 11.0. The largest absolute Gasteiger partial charge is 0.362 e. The summed E-state index contributed by atoms with van der Waals surface area (Å²) in [6.07, 6.45) is 8.10. The van der Waals surface area contributed by atoms with Crippen LogP contribution in [0.2, 0.25) is 0 Å². The minimum Gasteiger partial charge on any atom is -0.362 e. The summed E-state index contributed by atoms with van der Waals surface area (Å²) in [5.41, 5.74) is 1.05. The predicted octanol–water partition coefficient (Wildman–Crippen LogP) is 3.12. The van der Waals surface area contributed by atoms with Crippen LogP contribution in [0.15, 0.2) is 11.6 Å². The molecule has 5 unspecified atom stereocenters. The highest BCUT2D eigenvalue weighted by Crippen LogP contribution is 2.70. The Labute approximate surface area is 103 Å². The van der Waals surface area contributed by atoms with Crippen LogP contribution in [0.4, 0.5) is 0 Å². The monoisotopic (exact) mass is 234 g/mol. The van der Waals surface area contributed by atoms with Gasteiger partial charge in [0.15, 0.2) is 0 Å². The maximum atomic E-state index is 10.8. The molecule has 1 heterocycles. The third-order valence-corrected chi connectivity index (χ3v) is 5.48. The maximum absolute atomic E-state index is 10.8. The second kappa shape index (κ2) is 3.44. The Balaban J connectivity index is 1.94. The molecule has 2 aliphatic carbocycles. The van der Waals surface area contributed by atoms with Gasteiger partial charge in [0.1, 0.15) is 11.9 Å². The van der Waals surface area contributed by atoms with Gasteiger partial charge >= 0.3 is 0 Å². The molecule has 0 N–H and O–H groups in total. The van der Waals surface area contributed by atoms with Gasteiger partial charge in [-0.05, 0) is 56.9 Å². The van der Waals surface area contributed by atoms with Gasteiger partial charge in [-0.3, -0.25) is 4.79 Å². The van der Waals surface area contributed by atoms with Crippen molar-refractivity contribution < 1.29 is 9.53 Å². The van der Waals surface area contributed by atoms with E-state index in [9.17, 15) is 4.79 Å². The molecule has 17 heavy (non-hydrogen) atoms. The highest BCUT2D eigenvalue weighted by molar-refractivity contribution is 5.72. The average molecular weight is 234 g/mol. The molecule has 5 atom stereocenters. The van der Waals surface area contributed by atoms with Crippen LogP contribution >= 0.6 is 0 Å². The van der Waals surface area contributed by atoms with Crippen LogP contribution in [0.5, 0.6) is 0 Å². The summed E-state index contributed by atoms with van der Waals surface area (Å²) < 4.78 is 6.20. The van der Waals surface area contributed by atoms with Crippen molar-refractivity contribution in [3.05, 3.63) is 11.6 Å². The molecule has 1 spiro atoms. The number of epoxide rings is 1. The van der Waals surface area contributed by atoms with Gasteiger partial charge in [0.05, 0.1) is 5.60 Å². The fraction of sp³-hybridized carbons (Fsp3) is 0.800. The predicted molar refractivity (Wildman–Crippen MR) is 66.7 cm³/mol. The summed E-state index contributed by atoms with van der Waals surface area (Å²) in [6.45, 7) is 6.54. The molecule has 0 bridgehead atoms. The minimum absolute atomic E-state index is 0.0783. The number of carbonyl (C=O) groups excluding carboxylic acids is 1. The highest BCUT2D eigenvalue weighted by atomic mass is 16.6. The van der Waals surface area contributed by atoms with Crippen molar-refractivity contribution in [2.24, 2.45) is 17.8 Å². The van der Waals surface area contributed by atoms with Crippen molar-refractivity contribution in [1.82, 2.24) is 0 Å². The van der Waals surface area contributed by atoms with Gasteiger partial charge in [-0.2, -0.15) is 0 Å². The second-order valence-corrected chi connectivity index (χ2v) is 6.46. The average Bonchev–Trinajstić information content (AvgIpc) is 2.79. The summed E-state index contributed by atoms with van der Waals surface area (Å²) in [7, 11) is 0. The molecule has 0 amide bonds. The summed E-state index contributed by atoms with van der Waals surface area (Å²) in [5.74, 6) is 1.95. The molecule has 3 aliphatic rings. The van der Waals surface area contributed by atoms with Gasteiger partial charge in [0.2, 0.25) is 0 Å². The number of rotatable bonds is 2. The van der Waals surface area contributed by atoms with Crippen LogP contribution in [-0.4, -0.2) is 17.5 Å². The Hall–Kier alpha value is -0.630. The first-order chi connectivity index (χ1) is 8.03. The third kappa shape index (κ3) is 1.33. The van der Waals surface area contributed by atoms with Gasteiger partial charge in [-0.1, -0.05) is 13.0 Å². The topological polar surface area (TPSA) is 29.6 Å². The molecule has 3 rings (SSSR count). The van der Waals surface area contributed by atoms with E-state index in [0.717, 1.165) is 17.8 Å². The van der Waals surface area contributed by atoms with Crippen LogP contribution in [0.25, 0.3) is 0 Å². The van der Waals surface area contributed by atoms with E-state index >= 15 is 0 Å². The van der Waals surface area contributed by atoms with Gasteiger partial charge in [-0.15, -0.1) is 0 Å². The van der Waals surface area contributed by atoms with Crippen molar-refractivity contribution in [2.75, 3.05) is 0 Å². The molecule has 1 aliphatic heterocycles. The van der Waals surface area contributed by atoms with E-state index in [1.807, 2.05) is 6.92 Å². The van der Waals surface area contributed by atoms with Gasteiger partial charge in [0, 0.05) is 5.92 Å². The number of hydrogen-bond donors (Lipinski definition) is 0. The number of ether oxygens (including phenoxy) is 1. The van der Waals surface area contributed by atoms with E-state index < -0.39 is 0 Å². The van der Waals surface area contributed by atoms with Crippen LogP contribution < -0.4 is 0 Å². The molecule has 2 nitrogen and oxygen atoms in total. The fourth-order valence-corrected chi connectivity index (χ4v) is 4.58. The second-order valence-electron chi connectivity index (χ2n) is 6.46. The van der Waals surface area contributed by atoms with Crippen LogP contribution in [0, 0.1) is 17.8 Å². The lowest BCUT2D eigenvalue weighted by Crippen LogP contribution is -2.41. The van der Waals surface area contributed by atoms with E-state index in [0.29, 0.717) is 11.8 Å². The highest BCUT2D eigenvalue weighted by Gasteiger charge is 2.77. The quantitative estimate of drug-likeness (QED) is 0.417. The first-order valence-corrected chi connectivity index (χ1v) is 6.87. The van der Waals surface area contributed by atoms with E-state index in [1.165, 1.54) is 25.7 Å². The molecular formula is C15H22O2. The van der Waals surface area contributed by atoms with E-state index in [2.05, 4.69) is 19.9 Å². The SMILES string of the molecule is CC(C=O)=CC1CCC(C)C2CCC3(C)OC123. The lowest BCUT2D eigenvalue weighted by Gasteiger charge is -2.37. The molecule has 0 radical (unpaired) electrons. The number of carbonyl (C=O) groups is 1. The van der Waals surface area contributed by atoms with E-state index in [1.54, 1.807) is 0 Å². The molecule has 0 aromatic carbocycles. The molecule has 0 aromatic heterocycles. The summed E-state index contributed by atoms with van der Waals surface area (Å²) in [5, 5.41) is 0. The normalized spacial score (nSPS) is 52.9. The van der Waals surface area contributed by atoms with Gasteiger partial charge in [-0.25, -0.2) is 0 Å². The molecule has 3 fully saturated rings. The fourth-order valence-electron chi connectivity index (χ4n) is 4.58. The lowest BCUT2D eigenvalue weighted by atomic mass is 9.65. The Kier molecular flexibility index (Phi) is 2.32. The third-order valence-electron chi connectivity index (χ3n) is 5.48. The smallest absolute Gasteiger partial charge is 0.145 e. The van der Waals surface area contributed by atoms with Crippen LogP contribution in [0.3, 0.4) is 0 Å². The van der Waals surface area contributed by atoms with E-state index in [4.69, 9.17) is 4.74 Å². The molecular weight excluding hydrogens is 212 g/mol. The van der Waals surface area contributed by atoms with E-state index in [-0.39, 0.29) is 11.2 Å². The zero-order chi connectivity index (χ0) is 12.3. The standard InChI is InChI=1S/C15H22O2/c1-10(9-16)8-12-5-4-11(2)13-6-7-14(3)15(12,13)17-14/h8-9,11-13H,4-7H2,1-3H3. The minimum atomic E-state index is 0.0783. The maximum Gasteiger partial charge on any atom is 0.145 e. The molecule has 2 saturated carbocycles. The van der Waals surface area contributed by atoms with Crippen molar-refractivity contribution in [1.29, 1.82) is 0 Å². The molecule has 94 valence electrons. The first-order valence-electron chi connectivity index (χ1n) is 6.87. The molecule has 2 heteroatoms. The van der Waals surface area contributed by atoms with Gasteiger partial charge < -0.3 is 4.74 Å². The van der Waals surface area contributed by atoms with Crippen LogP contribution in [0.1, 0.15) is 46.5 Å². The molecule has 0 aromatic rings. The number of hydrogen-bond acceptors (Lipinski definition) is 2. The summed E-state index contributed by atoms with van der Waals surface area (Å²) in [6, 6.07) is 0. The summed E-state index contributed by atoms with van der Waals surface area (Å²) >= 11 is 0. The van der Waals surface area contributed by atoms with Gasteiger partial charge in [0.25, 0.3) is 0 Å². The van der Waals surface area contributed by atoms with Crippen molar-refractivity contribution in [2.45, 2.75) is 57.7 Å². The molecule has 1 saturated heterocycles. The Morgan fingerprint density at radius 1 is 1.35 bits per heavy atom. The Morgan fingerprint density at radius 3 is 2.76 bits per heavy atom. The Bertz CT molecular complexity index is 386. The van der Waals surface area contributed by atoms with Crippen molar-refractivity contribution in [3.63, 3.8) is 0 Å².